The minimum atomic E-state index is -0.395. The molecule has 1 aliphatic heterocycles. The number of aromatic nitrogens is 3. The van der Waals surface area contributed by atoms with Crippen LogP contribution in [0, 0.1) is 0 Å². The van der Waals surface area contributed by atoms with Gasteiger partial charge < -0.3 is 15.1 Å². The van der Waals surface area contributed by atoms with E-state index < -0.39 is 5.91 Å². The zero-order valence-electron chi connectivity index (χ0n) is 19.3. The first-order valence-electron chi connectivity index (χ1n) is 11.6. The number of carbonyl (C=O) groups excluding carboxylic acids is 1. The summed E-state index contributed by atoms with van der Waals surface area (Å²) in [4.78, 5) is 41.2. The molecule has 0 radical (unpaired) electrons. The van der Waals surface area contributed by atoms with Gasteiger partial charge in [0.15, 0.2) is 5.65 Å². The van der Waals surface area contributed by atoms with Crippen LogP contribution in [0.2, 0.25) is 0 Å². The fourth-order valence-corrected chi connectivity index (χ4v) is 5.75. The maximum Gasteiger partial charge on any atom is 0.258 e. The highest BCUT2D eigenvalue weighted by atomic mass is 32.1. The van der Waals surface area contributed by atoms with Gasteiger partial charge in [0.05, 0.1) is 15.6 Å². The van der Waals surface area contributed by atoms with Gasteiger partial charge in [-0.1, -0.05) is 18.2 Å². The van der Waals surface area contributed by atoms with Crippen LogP contribution in [0.3, 0.4) is 0 Å². The second-order valence-electron chi connectivity index (χ2n) is 8.79. The lowest BCUT2D eigenvalue weighted by Crippen LogP contribution is -2.44. The number of thiazole rings is 1. The third kappa shape index (κ3) is 3.82. The summed E-state index contributed by atoms with van der Waals surface area (Å²) >= 11 is 1.44. The van der Waals surface area contributed by atoms with Crippen molar-refractivity contribution in [3.63, 3.8) is 0 Å². The van der Waals surface area contributed by atoms with Crippen molar-refractivity contribution in [1.29, 1.82) is 0 Å². The van der Waals surface area contributed by atoms with E-state index in [4.69, 9.17) is 4.98 Å². The molecule has 4 aromatic heterocycles. The van der Waals surface area contributed by atoms with Gasteiger partial charge in [-0.3, -0.25) is 19.0 Å². The molecule has 0 unspecified atom stereocenters. The Morgan fingerprint density at radius 1 is 1.06 bits per heavy atom. The maximum atomic E-state index is 13.7. The first-order chi connectivity index (χ1) is 17.1. The number of likely N-dealkylation sites (N-methyl/N-ethyl adjacent to an activating group) is 1. The third-order valence-corrected chi connectivity index (χ3v) is 7.65. The molecule has 1 fully saturated rings. The third-order valence-electron chi connectivity index (χ3n) is 6.50. The smallest absolute Gasteiger partial charge is 0.258 e. The van der Waals surface area contributed by atoms with Crippen molar-refractivity contribution in [2.45, 2.75) is 6.54 Å². The number of nitrogens with zero attached hydrogens (tertiary/aromatic N) is 5. The number of rotatable bonds is 4. The molecule has 5 heterocycles. The zero-order valence-corrected chi connectivity index (χ0v) is 20.1. The van der Waals surface area contributed by atoms with Gasteiger partial charge in [0, 0.05) is 45.1 Å². The second-order valence-corrected chi connectivity index (χ2v) is 9.82. The summed E-state index contributed by atoms with van der Waals surface area (Å²) in [6.45, 7) is 3.99. The van der Waals surface area contributed by atoms with Gasteiger partial charge in [-0.05, 0) is 42.9 Å². The van der Waals surface area contributed by atoms with Crippen molar-refractivity contribution in [3.05, 3.63) is 82.3 Å². The van der Waals surface area contributed by atoms with E-state index in [-0.39, 0.29) is 11.0 Å². The molecule has 1 amide bonds. The average molecular weight is 485 g/mol. The summed E-state index contributed by atoms with van der Waals surface area (Å²) < 4.78 is 2.96. The largest absolute Gasteiger partial charge is 0.354 e. The second kappa shape index (κ2) is 8.75. The summed E-state index contributed by atoms with van der Waals surface area (Å²) in [6, 6.07) is 15.4. The van der Waals surface area contributed by atoms with Crippen LogP contribution in [0.15, 0.2) is 65.7 Å². The number of amides is 1. The molecular weight excluding hydrogens is 460 g/mol. The predicted octanol–water partition coefficient (Wildman–Crippen LogP) is 3.14. The van der Waals surface area contributed by atoms with Gasteiger partial charge in [0.2, 0.25) is 5.43 Å². The molecule has 1 N–H and O–H groups in total. The first-order valence-corrected chi connectivity index (χ1v) is 12.4. The number of benzene rings is 1. The highest BCUT2D eigenvalue weighted by molar-refractivity contribution is 7.24. The van der Waals surface area contributed by atoms with Gasteiger partial charge in [0.1, 0.15) is 16.2 Å². The molecule has 1 aromatic carbocycles. The number of fused-ring (bicyclic) bond motifs is 5. The number of para-hydroxylation sites is 1. The van der Waals surface area contributed by atoms with Crippen LogP contribution in [0.25, 0.3) is 26.1 Å². The lowest BCUT2D eigenvalue weighted by Gasteiger charge is -2.33. The minimum Gasteiger partial charge on any atom is -0.354 e. The molecule has 0 saturated carbocycles. The molecule has 5 aromatic rings. The molecule has 0 spiro atoms. The summed E-state index contributed by atoms with van der Waals surface area (Å²) in [5.74, 6) is 0.454. The Balaban J connectivity index is 1.52. The van der Waals surface area contributed by atoms with E-state index in [9.17, 15) is 9.59 Å². The van der Waals surface area contributed by atoms with E-state index in [2.05, 4.69) is 27.1 Å². The van der Waals surface area contributed by atoms with Crippen LogP contribution >= 0.6 is 11.3 Å². The van der Waals surface area contributed by atoms with E-state index in [1.54, 1.807) is 12.4 Å². The highest BCUT2D eigenvalue weighted by Crippen LogP contribution is 2.31. The van der Waals surface area contributed by atoms with Crippen molar-refractivity contribution in [2.75, 3.05) is 38.1 Å². The molecule has 1 saturated heterocycles. The Labute approximate surface area is 205 Å². The van der Waals surface area contributed by atoms with Crippen LogP contribution in [0.5, 0.6) is 0 Å². The van der Waals surface area contributed by atoms with Gasteiger partial charge in [0.25, 0.3) is 5.91 Å². The van der Waals surface area contributed by atoms with Crippen molar-refractivity contribution >= 4 is 49.1 Å². The summed E-state index contributed by atoms with van der Waals surface area (Å²) in [5, 5.41) is 3.35. The van der Waals surface area contributed by atoms with Crippen LogP contribution < -0.4 is 15.6 Å². The number of carbonyl (C=O) groups is 1. The Morgan fingerprint density at radius 2 is 1.89 bits per heavy atom. The zero-order chi connectivity index (χ0) is 23.9. The quantitative estimate of drug-likeness (QED) is 0.422. The van der Waals surface area contributed by atoms with Crippen molar-refractivity contribution in [3.8, 4) is 0 Å². The molecule has 35 heavy (non-hydrogen) atoms. The maximum absolute atomic E-state index is 13.7. The molecule has 0 atom stereocenters. The summed E-state index contributed by atoms with van der Waals surface area (Å²) in [6.07, 6.45) is 3.39. The fraction of sp³-hybridized carbons (Fsp3) is 0.231. The molecule has 176 valence electrons. The minimum absolute atomic E-state index is 0.150. The first kappa shape index (κ1) is 21.7. The molecule has 6 rings (SSSR count). The normalized spacial score (nSPS) is 14.7. The van der Waals surface area contributed by atoms with Crippen LogP contribution in [0.1, 0.15) is 15.9 Å². The topological polar surface area (TPSA) is 82.8 Å². The number of pyridine rings is 3. The fourth-order valence-electron chi connectivity index (χ4n) is 4.56. The standard InChI is InChI=1S/C26H24N6O2S/c1-30-11-13-31(14-12-30)21-9-8-18-23(33)22(25(34)28-16-17-5-4-10-27-15-17)26-32(24(18)29-21)19-6-2-3-7-20(19)35-26/h2-10,15H,11-14,16H2,1H3,(H,28,34). The van der Waals surface area contributed by atoms with E-state index >= 15 is 0 Å². The number of nitrogens with one attached hydrogen (secondary N) is 1. The van der Waals surface area contributed by atoms with E-state index in [0.29, 0.717) is 22.4 Å². The molecule has 9 heteroatoms. The van der Waals surface area contributed by atoms with Crippen LogP contribution in [-0.2, 0) is 6.54 Å². The molecular formula is C26H24N6O2S. The van der Waals surface area contributed by atoms with E-state index in [1.165, 1.54) is 11.3 Å². The van der Waals surface area contributed by atoms with Crippen LogP contribution in [-0.4, -0.2) is 58.4 Å². The average Bonchev–Trinajstić information content (AvgIpc) is 3.27. The molecule has 0 aliphatic carbocycles. The predicted molar refractivity (Wildman–Crippen MR) is 139 cm³/mol. The summed E-state index contributed by atoms with van der Waals surface area (Å²) in [5.41, 5.74) is 2.24. The van der Waals surface area contributed by atoms with E-state index in [0.717, 1.165) is 47.8 Å². The number of hydrogen-bond acceptors (Lipinski definition) is 7. The number of piperazine rings is 1. The molecule has 1 aliphatic rings. The summed E-state index contributed by atoms with van der Waals surface area (Å²) in [7, 11) is 2.12. The monoisotopic (exact) mass is 484 g/mol. The van der Waals surface area contributed by atoms with Gasteiger partial charge >= 0.3 is 0 Å². The van der Waals surface area contributed by atoms with Gasteiger partial charge in [-0.15, -0.1) is 11.3 Å². The van der Waals surface area contributed by atoms with Gasteiger partial charge in [-0.2, -0.15) is 0 Å². The SMILES string of the molecule is CN1CCN(c2ccc3c(=O)c(C(=O)NCc4cccnc4)c4sc5ccccc5n4c3n2)CC1. The lowest BCUT2D eigenvalue weighted by atomic mass is 10.1. The highest BCUT2D eigenvalue weighted by Gasteiger charge is 2.24. The van der Waals surface area contributed by atoms with Crippen LogP contribution in [0.4, 0.5) is 5.82 Å². The molecule has 8 nitrogen and oxygen atoms in total. The number of anilines is 1. The molecule has 0 bridgehead atoms. The van der Waals surface area contributed by atoms with E-state index in [1.807, 2.05) is 52.9 Å². The Bertz CT molecular complexity index is 1620. The van der Waals surface area contributed by atoms with Crippen molar-refractivity contribution in [1.82, 2.24) is 24.6 Å². The Hall–Kier alpha value is -3.82. The number of hydrogen-bond donors (Lipinski definition) is 1. The Kier molecular flexibility index (Phi) is 5.43. The lowest BCUT2D eigenvalue weighted by molar-refractivity contribution is 0.0951. The van der Waals surface area contributed by atoms with Crippen molar-refractivity contribution in [2.24, 2.45) is 0 Å². The van der Waals surface area contributed by atoms with Gasteiger partial charge in [-0.25, -0.2) is 4.98 Å². The Morgan fingerprint density at radius 3 is 2.69 bits per heavy atom. The van der Waals surface area contributed by atoms with Crippen molar-refractivity contribution < 1.29 is 4.79 Å².